The summed E-state index contributed by atoms with van der Waals surface area (Å²) in [5, 5.41) is 10.6. The Hall–Kier alpha value is -4.66. The quantitative estimate of drug-likeness (QED) is 0.368. The van der Waals surface area contributed by atoms with E-state index in [2.05, 4.69) is 20.7 Å². The third-order valence-electron chi connectivity index (χ3n) is 6.18. The number of allylic oxidation sites excluding steroid dienone is 1. The van der Waals surface area contributed by atoms with Gasteiger partial charge in [-0.1, -0.05) is 54.6 Å². The lowest BCUT2D eigenvalue weighted by atomic mass is 9.94. The van der Waals surface area contributed by atoms with Crippen molar-refractivity contribution >= 4 is 11.9 Å². The van der Waals surface area contributed by atoms with Crippen LogP contribution in [0, 0.1) is 5.82 Å². The monoisotopic (exact) mass is 499 g/mol. The summed E-state index contributed by atoms with van der Waals surface area (Å²) in [7, 11) is 1.53. The second-order valence-corrected chi connectivity index (χ2v) is 8.55. The highest BCUT2D eigenvalue weighted by Crippen LogP contribution is 2.38. The average Bonchev–Trinajstić information content (AvgIpc) is 3.39. The molecule has 2 heterocycles. The van der Waals surface area contributed by atoms with Gasteiger partial charge < -0.3 is 20.1 Å². The van der Waals surface area contributed by atoms with Gasteiger partial charge in [0.15, 0.2) is 11.5 Å². The number of benzene rings is 3. The smallest absolute Gasteiger partial charge is 0.251 e. The maximum absolute atomic E-state index is 14.0. The van der Waals surface area contributed by atoms with Crippen molar-refractivity contribution in [2.45, 2.75) is 26.1 Å². The van der Waals surface area contributed by atoms with E-state index in [0.29, 0.717) is 40.8 Å². The topological polar surface area (TPSA) is 90.3 Å². The lowest BCUT2D eigenvalue weighted by Gasteiger charge is -2.29. The summed E-state index contributed by atoms with van der Waals surface area (Å²) < 4.78 is 27.2. The van der Waals surface area contributed by atoms with Crippen molar-refractivity contribution < 1.29 is 18.7 Å². The number of nitrogens with zero attached hydrogens (tertiary/aromatic N) is 3. The molecule has 0 spiro atoms. The molecule has 37 heavy (non-hydrogen) atoms. The normalized spacial score (nSPS) is 14.5. The number of fused-ring (bicyclic) bond motifs is 1. The Morgan fingerprint density at radius 1 is 1.08 bits per heavy atom. The van der Waals surface area contributed by atoms with Crippen molar-refractivity contribution in [1.82, 2.24) is 20.1 Å². The van der Waals surface area contributed by atoms with Crippen LogP contribution < -0.4 is 20.1 Å². The van der Waals surface area contributed by atoms with Gasteiger partial charge in [-0.2, -0.15) is 10.1 Å². The molecular formula is C28H26FN5O3. The Kier molecular flexibility index (Phi) is 6.85. The molecule has 0 fully saturated rings. The second kappa shape index (κ2) is 10.5. The first kappa shape index (κ1) is 24.1. The summed E-state index contributed by atoms with van der Waals surface area (Å²) >= 11 is 0. The summed E-state index contributed by atoms with van der Waals surface area (Å²) in [4.78, 5) is 17.7. The standard InChI is InChI=1S/C28H26FN5O3/c1-18-25(27(35)30-15-19-8-4-3-5-9-19)26(34-28(33-18)31-17-32-34)20-12-13-23(24(14-20)36-2)37-16-21-10-6-7-11-22(21)29/h3-14,17,26H,15-16H2,1-2H3,(H,30,35)(H,31,32,33). The second-order valence-electron chi connectivity index (χ2n) is 8.55. The van der Waals surface area contributed by atoms with Crippen LogP contribution in [0.2, 0.25) is 0 Å². The number of hydrogen-bond donors (Lipinski definition) is 2. The minimum atomic E-state index is -0.552. The van der Waals surface area contributed by atoms with Crippen LogP contribution in [0.5, 0.6) is 11.5 Å². The van der Waals surface area contributed by atoms with Crippen LogP contribution in [0.1, 0.15) is 29.7 Å². The first-order valence-electron chi connectivity index (χ1n) is 11.8. The first-order valence-corrected chi connectivity index (χ1v) is 11.8. The van der Waals surface area contributed by atoms with E-state index < -0.39 is 6.04 Å². The van der Waals surface area contributed by atoms with Gasteiger partial charge in [-0.15, -0.1) is 0 Å². The summed E-state index contributed by atoms with van der Waals surface area (Å²) in [6, 6.07) is 21.0. The van der Waals surface area contributed by atoms with Gasteiger partial charge in [0.05, 0.1) is 12.7 Å². The van der Waals surface area contributed by atoms with E-state index >= 15 is 0 Å². The van der Waals surface area contributed by atoms with Crippen LogP contribution in [0.25, 0.3) is 0 Å². The zero-order chi connectivity index (χ0) is 25.8. The first-order chi connectivity index (χ1) is 18.0. The third-order valence-corrected chi connectivity index (χ3v) is 6.18. The van der Waals surface area contributed by atoms with Crippen LogP contribution in [0.4, 0.5) is 10.3 Å². The zero-order valence-electron chi connectivity index (χ0n) is 20.4. The molecular weight excluding hydrogens is 473 g/mol. The molecule has 4 aromatic rings. The Labute approximate surface area is 213 Å². The van der Waals surface area contributed by atoms with Gasteiger partial charge in [-0.05, 0) is 36.2 Å². The molecule has 1 aliphatic heterocycles. The van der Waals surface area contributed by atoms with Gasteiger partial charge in [0.25, 0.3) is 5.91 Å². The minimum Gasteiger partial charge on any atom is -0.493 e. The lowest BCUT2D eigenvalue weighted by molar-refractivity contribution is -0.118. The number of carbonyl (C=O) groups is 1. The van der Waals surface area contributed by atoms with E-state index in [-0.39, 0.29) is 18.3 Å². The number of aromatic nitrogens is 3. The molecule has 3 aromatic carbocycles. The van der Waals surface area contributed by atoms with Crippen molar-refractivity contribution in [3.8, 4) is 11.5 Å². The molecule has 188 valence electrons. The van der Waals surface area contributed by atoms with Crippen LogP contribution in [0.3, 0.4) is 0 Å². The maximum atomic E-state index is 14.0. The largest absolute Gasteiger partial charge is 0.493 e. The highest BCUT2D eigenvalue weighted by atomic mass is 19.1. The molecule has 1 aromatic heterocycles. The van der Waals surface area contributed by atoms with E-state index in [9.17, 15) is 9.18 Å². The number of methoxy groups -OCH3 is 1. The fraction of sp³-hybridized carbons (Fsp3) is 0.179. The number of anilines is 1. The summed E-state index contributed by atoms with van der Waals surface area (Å²) in [6.07, 6.45) is 1.44. The molecule has 2 N–H and O–H groups in total. The number of amides is 1. The van der Waals surface area contributed by atoms with Crippen LogP contribution in [-0.2, 0) is 17.9 Å². The highest BCUT2D eigenvalue weighted by Gasteiger charge is 2.33. The number of halogens is 1. The number of hydrogen-bond acceptors (Lipinski definition) is 6. The van der Waals surface area contributed by atoms with Gasteiger partial charge in [0, 0.05) is 17.8 Å². The molecule has 1 aliphatic rings. The maximum Gasteiger partial charge on any atom is 0.251 e. The summed E-state index contributed by atoms with van der Waals surface area (Å²) in [6.45, 7) is 2.28. The molecule has 1 amide bonds. The van der Waals surface area contributed by atoms with Crippen LogP contribution >= 0.6 is 0 Å². The molecule has 8 nitrogen and oxygen atoms in total. The van der Waals surface area contributed by atoms with Gasteiger partial charge in [0.1, 0.15) is 24.8 Å². The van der Waals surface area contributed by atoms with Gasteiger partial charge in [-0.3, -0.25) is 4.79 Å². The van der Waals surface area contributed by atoms with Gasteiger partial charge in [-0.25, -0.2) is 9.07 Å². The van der Waals surface area contributed by atoms with Gasteiger partial charge in [0.2, 0.25) is 5.95 Å². The molecule has 0 aliphatic carbocycles. The minimum absolute atomic E-state index is 0.0507. The van der Waals surface area contributed by atoms with E-state index in [1.54, 1.807) is 35.0 Å². The number of carbonyl (C=O) groups excluding carboxylic acids is 1. The molecule has 9 heteroatoms. The van der Waals surface area contributed by atoms with Crippen molar-refractivity contribution in [2.24, 2.45) is 0 Å². The molecule has 1 atom stereocenters. The summed E-state index contributed by atoms with van der Waals surface area (Å²) in [5.74, 6) is 0.881. The van der Waals surface area contributed by atoms with Crippen molar-refractivity contribution in [3.63, 3.8) is 0 Å². The average molecular weight is 500 g/mol. The number of ether oxygens (including phenoxy) is 2. The molecule has 5 rings (SSSR count). The molecule has 0 radical (unpaired) electrons. The number of nitrogens with one attached hydrogen (secondary N) is 2. The Balaban J connectivity index is 1.44. The zero-order valence-corrected chi connectivity index (χ0v) is 20.4. The molecule has 0 bridgehead atoms. The fourth-order valence-electron chi connectivity index (χ4n) is 4.31. The van der Waals surface area contributed by atoms with Crippen molar-refractivity contribution in [3.05, 3.63) is 113 Å². The summed E-state index contributed by atoms with van der Waals surface area (Å²) in [5.41, 5.74) is 3.38. The molecule has 0 saturated heterocycles. The van der Waals surface area contributed by atoms with Crippen molar-refractivity contribution in [1.29, 1.82) is 0 Å². The predicted octanol–water partition coefficient (Wildman–Crippen LogP) is 4.61. The third kappa shape index (κ3) is 5.02. The fourth-order valence-corrected chi connectivity index (χ4v) is 4.31. The van der Waals surface area contributed by atoms with E-state index in [0.717, 1.165) is 11.1 Å². The SMILES string of the molecule is COc1cc(C2C(C(=O)NCc3ccccc3)=C(C)Nc3ncnn32)ccc1OCc1ccccc1F. The Bertz CT molecular complexity index is 1450. The Morgan fingerprint density at radius 2 is 1.86 bits per heavy atom. The molecule has 1 unspecified atom stereocenters. The highest BCUT2D eigenvalue weighted by molar-refractivity contribution is 5.96. The predicted molar refractivity (Wildman–Crippen MR) is 136 cm³/mol. The van der Waals surface area contributed by atoms with E-state index in [4.69, 9.17) is 9.47 Å². The van der Waals surface area contributed by atoms with Crippen LogP contribution in [0.15, 0.2) is 90.4 Å². The van der Waals surface area contributed by atoms with Crippen LogP contribution in [-0.4, -0.2) is 27.8 Å². The number of rotatable bonds is 8. The lowest BCUT2D eigenvalue weighted by Crippen LogP contribution is -2.34. The van der Waals surface area contributed by atoms with Gasteiger partial charge >= 0.3 is 0 Å². The van der Waals surface area contributed by atoms with Crippen molar-refractivity contribution in [2.75, 3.05) is 12.4 Å². The Morgan fingerprint density at radius 3 is 2.65 bits per heavy atom. The van der Waals surface area contributed by atoms with E-state index in [1.807, 2.05) is 43.3 Å². The molecule has 0 saturated carbocycles. The van der Waals surface area contributed by atoms with E-state index in [1.165, 1.54) is 19.5 Å².